The van der Waals surface area contributed by atoms with E-state index in [9.17, 15) is 8.42 Å². The first-order chi connectivity index (χ1) is 10.7. The summed E-state index contributed by atoms with van der Waals surface area (Å²) in [5, 5.41) is 0. The van der Waals surface area contributed by atoms with Gasteiger partial charge < -0.3 is 4.74 Å². The van der Waals surface area contributed by atoms with Crippen LogP contribution in [-0.4, -0.2) is 38.5 Å². The third kappa shape index (κ3) is 3.32. The zero-order chi connectivity index (χ0) is 17.4. The zero-order valence-electron chi connectivity index (χ0n) is 15.2. The molecular weight excluding hydrogens is 310 g/mol. The summed E-state index contributed by atoms with van der Waals surface area (Å²) >= 11 is 0. The Balaban J connectivity index is 2.49. The Labute approximate surface area is 140 Å². The second-order valence-electron chi connectivity index (χ2n) is 6.54. The Kier molecular flexibility index (Phi) is 5.54. The topological polar surface area (TPSA) is 46.6 Å². The lowest BCUT2D eigenvalue weighted by Crippen LogP contribution is -2.38. The summed E-state index contributed by atoms with van der Waals surface area (Å²) in [5.41, 5.74) is 5.06. The van der Waals surface area contributed by atoms with Crippen molar-refractivity contribution in [2.24, 2.45) is 0 Å². The lowest BCUT2D eigenvalue weighted by atomic mass is 9.95. The third-order valence-corrected chi connectivity index (χ3v) is 7.53. The molecule has 1 heterocycles. The van der Waals surface area contributed by atoms with Gasteiger partial charge in [-0.1, -0.05) is 6.92 Å². The van der Waals surface area contributed by atoms with Gasteiger partial charge >= 0.3 is 0 Å². The molecule has 0 saturated carbocycles. The van der Waals surface area contributed by atoms with Gasteiger partial charge in [0, 0.05) is 19.7 Å². The molecule has 4 nitrogen and oxygen atoms in total. The van der Waals surface area contributed by atoms with Crippen molar-refractivity contribution in [1.82, 2.24) is 4.31 Å². The molecule has 0 spiro atoms. The summed E-state index contributed by atoms with van der Waals surface area (Å²) in [4.78, 5) is 0.484. The molecule has 0 amide bonds. The molecule has 0 aliphatic carbocycles. The van der Waals surface area contributed by atoms with E-state index >= 15 is 0 Å². The van der Waals surface area contributed by atoms with Gasteiger partial charge in [0.05, 0.1) is 11.0 Å². The van der Waals surface area contributed by atoms with Gasteiger partial charge in [-0.15, -0.1) is 0 Å². The largest absolute Gasteiger partial charge is 0.377 e. The Bertz CT molecular complexity index is 660. The fourth-order valence-corrected chi connectivity index (χ4v) is 5.43. The number of nitrogens with zero attached hydrogens (tertiary/aromatic N) is 1. The lowest BCUT2D eigenvalue weighted by molar-refractivity contribution is 0.0946. The molecule has 0 bridgehead atoms. The molecule has 1 aliphatic heterocycles. The standard InChI is InChI=1S/C18H29NO3S/c1-7-19(11-17-9-8-10-22-17)23(20,21)18-15(5)13(3)12(2)14(4)16(18)6/h17H,7-11H2,1-6H3/t17-/m0/s1. The molecule has 23 heavy (non-hydrogen) atoms. The first kappa shape index (κ1) is 18.4. The van der Waals surface area contributed by atoms with Crippen LogP contribution in [0.5, 0.6) is 0 Å². The molecule has 1 saturated heterocycles. The number of hydrogen-bond acceptors (Lipinski definition) is 3. The van der Waals surface area contributed by atoms with Gasteiger partial charge in [0.15, 0.2) is 0 Å². The molecule has 1 fully saturated rings. The minimum absolute atomic E-state index is 0.0259. The fourth-order valence-electron chi connectivity index (χ4n) is 3.39. The first-order valence-corrected chi connectivity index (χ1v) is 9.84. The first-order valence-electron chi connectivity index (χ1n) is 8.40. The number of rotatable bonds is 5. The van der Waals surface area contributed by atoms with Crippen LogP contribution < -0.4 is 0 Å². The molecule has 130 valence electrons. The molecule has 0 N–H and O–H groups in total. The molecule has 0 radical (unpaired) electrons. The van der Waals surface area contributed by atoms with Crippen LogP contribution in [0, 0.1) is 34.6 Å². The van der Waals surface area contributed by atoms with E-state index in [1.54, 1.807) is 4.31 Å². The van der Waals surface area contributed by atoms with Crippen LogP contribution in [0.25, 0.3) is 0 Å². The van der Waals surface area contributed by atoms with Crippen LogP contribution in [-0.2, 0) is 14.8 Å². The summed E-state index contributed by atoms with van der Waals surface area (Å²) < 4.78 is 33.8. The average Bonchev–Trinajstić information content (AvgIpc) is 3.01. The maximum Gasteiger partial charge on any atom is 0.243 e. The van der Waals surface area contributed by atoms with Crippen molar-refractivity contribution in [3.8, 4) is 0 Å². The molecule has 0 aromatic heterocycles. The van der Waals surface area contributed by atoms with Gasteiger partial charge in [0.1, 0.15) is 0 Å². The molecule has 5 heteroatoms. The van der Waals surface area contributed by atoms with E-state index in [0.717, 1.165) is 41.7 Å². The number of likely N-dealkylation sites (N-methyl/N-ethyl adjacent to an activating group) is 1. The second kappa shape index (κ2) is 6.91. The summed E-state index contributed by atoms with van der Waals surface area (Å²) in [6.07, 6.45) is 1.98. The highest BCUT2D eigenvalue weighted by Crippen LogP contribution is 2.32. The van der Waals surface area contributed by atoms with E-state index in [2.05, 4.69) is 6.92 Å². The number of sulfonamides is 1. The quantitative estimate of drug-likeness (QED) is 0.826. The Morgan fingerprint density at radius 1 is 1.00 bits per heavy atom. The highest BCUT2D eigenvalue weighted by Gasteiger charge is 2.31. The normalized spacial score (nSPS) is 18.8. The van der Waals surface area contributed by atoms with E-state index in [1.165, 1.54) is 5.56 Å². The lowest BCUT2D eigenvalue weighted by Gasteiger charge is -2.27. The van der Waals surface area contributed by atoms with Crippen molar-refractivity contribution in [1.29, 1.82) is 0 Å². The Morgan fingerprint density at radius 2 is 1.52 bits per heavy atom. The minimum atomic E-state index is -3.51. The molecule has 1 aromatic carbocycles. The van der Waals surface area contributed by atoms with E-state index in [1.807, 2.05) is 34.6 Å². The van der Waals surface area contributed by atoms with E-state index < -0.39 is 10.0 Å². The molecule has 1 aliphatic rings. The van der Waals surface area contributed by atoms with Crippen molar-refractivity contribution in [3.63, 3.8) is 0 Å². The number of hydrogen-bond donors (Lipinski definition) is 0. The van der Waals surface area contributed by atoms with Gasteiger partial charge in [0.25, 0.3) is 0 Å². The van der Waals surface area contributed by atoms with E-state index in [4.69, 9.17) is 4.74 Å². The number of ether oxygens (including phenoxy) is 1. The van der Waals surface area contributed by atoms with Gasteiger partial charge in [0.2, 0.25) is 10.0 Å². The average molecular weight is 340 g/mol. The molecule has 0 unspecified atom stereocenters. The smallest absolute Gasteiger partial charge is 0.243 e. The Hall–Kier alpha value is -0.910. The van der Waals surface area contributed by atoms with Crippen LogP contribution in [0.2, 0.25) is 0 Å². The molecule has 1 aromatic rings. The van der Waals surface area contributed by atoms with Crippen LogP contribution in [0.3, 0.4) is 0 Å². The van der Waals surface area contributed by atoms with Gasteiger partial charge in [-0.3, -0.25) is 0 Å². The van der Waals surface area contributed by atoms with Crippen molar-refractivity contribution in [2.75, 3.05) is 19.7 Å². The highest BCUT2D eigenvalue weighted by atomic mass is 32.2. The maximum absolute atomic E-state index is 13.3. The van der Waals surface area contributed by atoms with Crippen molar-refractivity contribution < 1.29 is 13.2 Å². The summed E-state index contributed by atoms with van der Waals surface area (Å²) in [5.74, 6) is 0. The van der Waals surface area contributed by atoms with Gasteiger partial charge in [-0.2, -0.15) is 4.31 Å². The van der Waals surface area contributed by atoms with Crippen molar-refractivity contribution in [3.05, 3.63) is 27.8 Å². The minimum Gasteiger partial charge on any atom is -0.377 e. The maximum atomic E-state index is 13.3. The SMILES string of the molecule is CCN(C[C@@H]1CCCO1)S(=O)(=O)c1c(C)c(C)c(C)c(C)c1C. The van der Waals surface area contributed by atoms with Crippen LogP contribution in [0.1, 0.15) is 47.6 Å². The van der Waals surface area contributed by atoms with Crippen molar-refractivity contribution >= 4 is 10.0 Å². The molecule has 1 atom stereocenters. The fraction of sp³-hybridized carbons (Fsp3) is 0.667. The van der Waals surface area contributed by atoms with Gasteiger partial charge in [-0.25, -0.2) is 8.42 Å². The highest BCUT2D eigenvalue weighted by molar-refractivity contribution is 7.89. The zero-order valence-corrected chi connectivity index (χ0v) is 16.0. The van der Waals surface area contributed by atoms with Crippen LogP contribution in [0.4, 0.5) is 0 Å². The second-order valence-corrected chi connectivity index (χ2v) is 8.42. The van der Waals surface area contributed by atoms with Crippen LogP contribution >= 0.6 is 0 Å². The van der Waals surface area contributed by atoms with Crippen LogP contribution in [0.15, 0.2) is 4.90 Å². The predicted molar refractivity (Wildman–Crippen MR) is 93.5 cm³/mol. The summed E-state index contributed by atoms with van der Waals surface area (Å²) in [6.45, 7) is 13.5. The van der Waals surface area contributed by atoms with E-state index in [-0.39, 0.29) is 6.10 Å². The molecule has 2 rings (SSSR count). The summed E-state index contributed by atoms with van der Waals surface area (Å²) in [6, 6.07) is 0. The predicted octanol–water partition coefficient (Wildman–Crippen LogP) is 3.42. The monoisotopic (exact) mass is 339 g/mol. The third-order valence-electron chi connectivity index (χ3n) is 5.31. The van der Waals surface area contributed by atoms with Crippen molar-refractivity contribution in [2.45, 2.75) is 65.4 Å². The van der Waals surface area contributed by atoms with Gasteiger partial charge in [-0.05, 0) is 75.3 Å². The Morgan fingerprint density at radius 3 is 1.96 bits per heavy atom. The summed E-state index contributed by atoms with van der Waals surface area (Å²) in [7, 11) is -3.51. The van der Waals surface area contributed by atoms with E-state index in [0.29, 0.717) is 18.0 Å². The number of benzene rings is 1. The molecular formula is C18H29NO3S.